The fraction of sp³-hybridized carbons (Fsp3) is 0.449. The van der Waals surface area contributed by atoms with E-state index in [9.17, 15) is 18.3 Å². The molecular formula is C49H66N4O8SSi2. The molecule has 344 valence electrons. The maximum atomic E-state index is 13.2. The largest absolute Gasteiger partial charge is 0.480 e. The highest BCUT2D eigenvalue weighted by Crippen LogP contribution is 2.40. The summed E-state index contributed by atoms with van der Waals surface area (Å²) in [7, 11) is -9.29. The van der Waals surface area contributed by atoms with E-state index in [2.05, 4.69) is 115 Å². The van der Waals surface area contributed by atoms with Crippen LogP contribution in [0.5, 0.6) is 0 Å². The molecular weight excluding hydrogens is 861 g/mol. The number of hydrogen-bond acceptors (Lipinski definition) is 10. The van der Waals surface area contributed by atoms with Crippen LogP contribution in [0.15, 0.2) is 103 Å². The van der Waals surface area contributed by atoms with E-state index in [1.54, 1.807) is 6.92 Å². The van der Waals surface area contributed by atoms with E-state index in [1.807, 2.05) is 48.9 Å². The average Bonchev–Trinajstić information content (AvgIpc) is 3.65. The molecule has 2 atom stereocenters. The van der Waals surface area contributed by atoms with Crippen molar-refractivity contribution in [3.63, 3.8) is 0 Å². The van der Waals surface area contributed by atoms with E-state index in [0.29, 0.717) is 19.6 Å². The van der Waals surface area contributed by atoms with E-state index in [-0.39, 0.29) is 48.3 Å². The van der Waals surface area contributed by atoms with Crippen LogP contribution >= 0.6 is 0 Å². The summed E-state index contributed by atoms with van der Waals surface area (Å²) in [6.45, 7) is 25.1. The van der Waals surface area contributed by atoms with Crippen molar-refractivity contribution in [2.24, 2.45) is 0 Å². The summed E-state index contributed by atoms with van der Waals surface area (Å²) < 4.78 is 53.5. The Hall–Kier alpha value is -4.65. The van der Waals surface area contributed by atoms with Crippen molar-refractivity contribution in [1.82, 2.24) is 19.3 Å². The lowest BCUT2D eigenvalue weighted by atomic mass is 9.84. The fourth-order valence-corrected chi connectivity index (χ4v) is 15.0. The van der Waals surface area contributed by atoms with Gasteiger partial charge in [0.2, 0.25) is 0 Å². The van der Waals surface area contributed by atoms with Gasteiger partial charge in [-0.15, -0.1) is 5.10 Å². The van der Waals surface area contributed by atoms with Gasteiger partial charge in [0.05, 0.1) is 31.3 Å². The van der Waals surface area contributed by atoms with Crippen LogP contribution < -0.4 is 10.4 Å². The number of esters is 1. The number of rotatable bonds is 17. The van der Waals surface area contributed by atoms with Gasteiger partial charge in [0, 0.05) is 31.6 Å². The van der Waals surface area contributed by atoms with Crippen molar-refractivity contribution >= 4 is 54.3 Å². The van der Waals surface area contributed by atoms with E-state index >= 15 is 0 Å². The molecule has 0 aliphatic carbocycles. The minimum absolute atomic E-state index is 0.0168. The minimum Gasteiger partial charge on any atom is -0.480 e. The number of aliphatic hydroxyl groups excluding tert-OH is 1. The molecule has 0 fully saturated rings. The fourth-order valence-electron chi connectivity index (χ4n) is 8.30. The van der Waals surface area contributed by atoms with Crippen LogP contribution in [0.3, 0.4) is 0 Å². The van der Waals surface area contributed by atoms with Crippen molar-refractivity contribution in [1.29, 1.82) is 0 Å². The third-order valence-corrected chi connectivity index (χ3v) is 23.9. The van der Waals surface area contributed by atoms with Gasteiger partial charge in [0.25, 0.3) is 14.3 Å². The quantitative estimate of drug-likeness (QED) is 0.0710. The Morgan fingerprint density at radius 2 is 1.55 bits per heavy atom. The average molecular weight is 927 g/mol. The van der Waals surface area contributed by atoms with Crippen LogP contribution in [0.2, 0.25) is 23.2 Å². The molecule has 1 aliphatic rings. The zero-order valence-corrected chi connectivity index (χ0v) is 42.2. The van der Waals surface area contributed by atoms with Crippen molar-refractivity contribution in [2.75, 3.05) is 19.8 Å². The number of aromatic nitrogens is 3. The number of fused-ring (bicyclic) bond motifs is 1. The van der Waals surface area contributed by atoms with Gasteiger partial charge in [-0.3, -0.25) is 4.79 Å². The first-order valence-electron chi connectivity index (χ1n) is 22.2. The first kappa shape index (κ1) is 48.8. The molecule has 0 saturated heterocycles. The third-order valence-electron chi connectivity index (χ3n) is 13.0. The SMILES string of the molecule is CCOC(=O)CC(c1ccc(C)c(CN2CC=C(O)OS2(=O)=O)c1)c1ccc2c(nnn2CC[C@H](CO[Si](C)(C)C(C)(C)C)O[Si](c2ccccc2)(c2ccccc2)C(C)(C)C)c1C. The molecule has 4 aromatic carbocycles. The van der Waals surface area contributed by atoms with Crippen molar-refractivity contribution < 1.29 is 36.1 Å². The molecule has 64 heavy (non-hydrogen) atoms. The van der Waals surface area contributed by atoms with E-state index in [1.165, 1.54) is 16.4 Å². The summed E-state index contributed by atoms with van der Waals surface area (Å²) in [4.78, 5) is 13.2. The third kappa shape index (κ3) is 10.6. The Kier molecular flexibility index (Phi) is 14.8. The van der Waals surface area contributed by atoms with Gasteiger partial charge < -0.3 is 22.9 Å². The lowest BCUT2D eigenvalue weighted by molar-refractivity contribution is -0.143. The molecule has 0 bridgehead atoms. The first-order chi connectivity index (χ1) is 30.1. The standard InChI is InChI=1S/C49H66N4O8SSi2/c1-12-58-46(55)32-43(37-24-23-35(2)38(31-37)33-52-29-28-45(54)60-62(52,56)57)42-25-26-44-47(36(42)3)50-51-53(44)30-27-39(34-59-63(10,11)48(4,5)6)61-64(49(7,8)9,40-19-15-13-16-20-40)41-21-17-14-18-22-41/h13-26,28,31,39,43,54H,12,27,29-30,32-34H2,1-11H3/t39-,43?/m1/s1. The van der Waals surface area contributed by atoms with Gasteiger partial charge in [-0.05, 0) is 94.6 Å². The van der Waals surface area contributed by atoms with Gasteiger partial charge in [-0.1, -0.05) is 132 Å². The highest BCUT2D eigenvalue weighted by Gasteiger charge is 2.52. The zero-order chi connectivity index (χ0) is 46.7. The Morgan fingerprint density at radius 3 is 2.12 bits per heavy atom. The number of aryl methyl sites for hydroxylation is 3. The molecule has 15 heteroatoms. The molecule has 2 heterocycles. The zero-order valence-electron chi connectivity index (χ0n) is 39.3. The minimum atomic E-state index is -4.18. The second kappa shape index (κ2) is 19.4. The summed E-state index contributed by atoms with van der Waals surface area (Å²) in [5, 5.41) is 21.4. The van der Waals surface area contributed by atoms with Crippen molar-refractivity contribution in [3.05, 3.63) is 131 Å². The van der Waals surface area contributed by atoms with Gasteiger partial charge in [-0.25, -0.2) is 4.68 Å². The molecule has 1 aliphatic heterocycles. The number of ether oxygens (including phenoxy) is 1. The number of carbonyl (C=O) groups excluding carboxylic acids is 1. The monoisotopic (exact) mass is 926 g/mol. The second-order valence-corrected chi connectivity index (χ2v) is 29.9. The summed E-state index contributed by atoms with van der Waals surface area (Å²) in [5.74, 6) is -1.42. The highest BCUT2D eigenvalue weighted by atomic mass is 32.2. The second-order valence-electron chi connectivity index (χ2n) is 19.3. The molecule has 0 spiro atoms. The van der Waals surface area contributed by atoms with Gasteiger partial charge >= 0.3 is 16.3 Å². The topological polar surface area (TPSA) is 142 Å². The van der Waals surface area contributed by atoms with Gasteiger partial charge in [-0.2, -0.15) is 12.7 Å². The molecule has 1 N–H and O–H groups in total. The number of aliphatic hydroxyl groups is 1. The predicted octanol–water partition coefficient (Wildman–Crippen LogP) is 8.97. The number of hydrogen-bond donors (Lipinski definition) is 1. The van der Waals surface area contributed by atoms with Crippen LogP contribution in [0.25, 0.3) is 11.0 Å². The Labute approximate surface area is 382 Å². The van der Waals surface area contributed by atoms with Crippen LogP contribution in [0.4, 0.5) is 0 Å². The normalized spacial score (nSPS) is 16.0. The molecule has 0 amide bonds. The maximum Gasteiger partial charge on any atom is 0.388 e. The number of carbonyl (C=O) groups is 1. The molecule has 1 aromatic heterocycles. The molecule has 0 saturated carbocycles. The Balaban J connectivity index is 1.36. The molecule has 12 nitrogen and oxygen atoms in total. The summed E-state index contributed by atoms with van der Waals surface area (Å²) >= 11 is 0. The lowest BCUT2D eigenvalue weighted by Gasteiger charge is -2.46. The number of benzene rings is 4. The highest BCUT2D eigenvalue weighted by molar-refractivity contribution is 7.84. The van der Waals surface area contributed by atoms with E-state index in [0.717, 1.165) is 43.2 Å². The van der Waals surface area contributed by atoms with Crippen molar-refractivity contribution in [3.8, 4) is 0 Å². The Morgan fingerprint density at radius 1 is 0.906 bits per heavy atom. The van der Waals surface area contributed by atoms with Crippen LogP contribution in [0, 0.1) is 13.8 Å². The molecule has 6 rings (SSSR count). The summed E-state index contributed by atoms with van der Waals surface area (Å²) in [5.41, 5.74) is 5.79. The van der Waals surface area contributed by atoms with Gasteiger partial charge in [0.1, 0.15) is 5.52 Å². The predicted molar refractivity (Wildman–Crippen MR) is 258 cm³/mol. The molecule has 5 aromatic rings. The molecule has 0 radical (unpaired) electrons. The van der Waals surface area contributed by atoms with E-state index in [4.69, 9.17) is 28.1 Å². The molecule has 1 unspecified atom stereocenters. The van der Waals surface area contributed by atoms with Crippen molar-refractivity contribution in [2.45, 2.75) is 123 Å². The summed E-state index contributed by atoms with van der Waals surface area (Å²) in [6, 6.07) is 31.3. The van der Waals surface area contributed by atoms with Gasteiger partial charge in [0.15, 0.2) is 8.32 Å². The van der Waals surface area contributed by atoms with Crippen LogP contribution in [-0.2, 0) is 46.0 Å². The smallest absolute Gasteiger partial charge is 0.388 e. The first-order valence-corrected chi connectivity index (χ1v) is 28.4. The van der Waals surface area contributed by atoms with Crippen LogP contribution in [0.1, 0.15) is 95.0 Å². The number of nitrogens with zero attached hydrogens (tertiary/aromatic N) is 4. The maximum absolute atomic E-state index is 13.2. The van der Waals surface area contributed by atoms with E-state index < -0.39 is 38.8 Å². The lowest BCUT2D eigenvalue weighted by Crippen LogP contribution is -2.68. The summed E-state index contributed by atoms with van der Waals surface area (Å²) in [6.07, 6.45) is 1.73. The van der Waals surface area contributed by atoms with Crippen LogP contribution in [-0.4, -0.2) is 81.3 Å². The Bertz CT molecular complexity index is 2510.